The van der Waals surface area contributed by atoms with Crippen LogP contribution in [0.5, 0.6) is 0 Å². The molecule has 0 heterocycles. The molecule has 7 heteroatoms. The van der Waals surface area contributed by atoms with Crippen LogP contribution in [0.25, 0.3) is 0 Å². The van der Waals surface area contributed by atoms with Gasteiger partial charge in [-0.25, -0.2) is 4.79 Å². The lowest BCUT2D eigenvalue weighted by Gasteiger charge is -2.33. The van der Waals surface area contributed by atoms with Gasteiger partial charge in [0.1, 0.15) is 17.7 Å². The van der Waals surface area contributed by atoms with Crippen LogP contribution in [-0.4, -0.2) is 41.0 Å². The number of carbonyl (C=O) groups excluding carboxylic acids is 3. The Morgan fingerprint density at radius 3 is 2.20 bits per heavy atom. The summed E-state index contributed by atoms with van der Waals surface area (Å²) in [5.41, 5.74) is 2.04. The molecule has 2 rings (SSSR count). The van der Waals surface area contributed by atoms with Crippen molar-refractivity contribution in [2.24, 2.45) is 0 Å². The third-order valence-corrected chi connectivity index (χ3v) is 5.29. The number of hydrogen-bond acceptors (Lipinski definition) is 4. The van der Waals surface area contributed by atoms with Crippen LogP contribution < -0.4 is 10.6 Å². The number of aryl methyl sites for hydroxylation is 1. The number of ether oxygens (including phenoxy) is 1. The summed E-state index contributed by atoms with van der Waals surface area (Å²) in [6.45, 7) is 13.1. The molecule has 0 aliphatic rings. The Morgan fingerprint density at radius 1 is 1.03 bits per heavy atom. The fourth-order valence-corrected chi connectivity index (χ4v) is 3.55. The van der Waals surface area contributed by atoms with Gasteiger partial charge in [-0.2, -0.15) is 0 Å². The van der Waals surface area contributed by atoms with Gasteiger partial charge in [0.15, 0.2) is 0 Å². The standard InChI is InChI=1S/C28H37N3O4/c1-7-18-31(26(33)20(3)30-27(34)35-28(4,5)6)24(23-16-14-21(8-2)15-17-23)25(32)29-19-22-12-10-9-11-13-22/h7,9-17,20,24H,1,8,18-19H2,2-6H3,(H,29,32)(H,30,34). The minimum Gasteiger partial charge on any atom is -0.444 e. The summed E-state index contributed by atoms with van der Waals surface area (Å²) in [5.74, 6) is -0.743. The van der Waals surface area contributed by atoms with Crippen molar-refractivity contribution in [3.8, 4) is 0 Å². The molecule has 0 aliphatic carbocycles. The molecular formula is C28H37N3O4. The minimum atomic E-state index is -0.913. The van der Waals surface area contributed by atoms with Crippen LogP contribution in [0.2, 0.25) is 0 Å². The second kappa shape index (κ2) is 12.7. The Kier molecular flexibility index (Phi) is 10.1. The van der Waals surface area contributed by atoms with E-state index in [2.05, 4.69) is 24.1 Å². The monoisotopic (exact) mass is 479 g/mol. The van der Waals surface area contributed by atoms with Crippen molar-refractivity contribution in [1.82, 2.24) is 15.5 Å². The number of alkyl carbamates (subject to hydrolysis) is 1. The van der Waals surface area contributed by atoms with Gasteiger partial charge in [-0.3, -0.25) is 9.59 Å². The summed E-state index contributed by atoms with van der Waals surface area (Å²) >= 11 is 0. The molecule has 0 aliphatic heterocycles. The zero-order chi connectivity index (χ0) is 26.0. The van der Waals surface area contributed by atoms with Crippen molar-refractivity contribution in [3.05, 3.63) is 83.9 Å². The lowest BCUT2D eigenvalue weighted by molar-refractivity contribution is -0.141. The molecule has 0 radical (unpaired) electrons. The summed E-state index contributed by atoms with van der Waals surface area (Å²) in [6.07, 6.45) is 1.72. The first-order valence-corrected chi connectivity index (χ1v) is 11.9. The van der Waals surface area contributed by atoms with Gasteiger partial charge in [-0.15, -0.1) is 6.58 Å². The smallest absolute Gasteiger partial charge is 0.408 e. The summed E-state index contributed by atoms with van der Waals surface area (Å²) < 4.78 is 5.28. The van der Waals surface area contributed by atoms with E-state index < -0.39 is 29.7 Å². The van der Waals surface area contributed by atoms with Gasteiger partial charge < -0.3 is 20.3 Å². The molecule has 0 fully saturated rings. The SMILES string of the molecule is C=CCN(C(=O)C(C)NC(=O)OC(C)(C)C)C(C(=O)NCc1ccccc1)c1ccc(CC)cc1. The third-order valence-electron chi connectivity index (χ3n) is 5.29. The van der Waals surface area contributed by atoms with Gasteiger partial charge in [0.2, 0.25) is 11.8 Å². The van der Waals surface area contributed by atoms with E-state index >= 15 is 0 Å². The van der Waals surface area contributed by atoms with Crippen LogP contribution in [0.4, 0.5) is 4.79 Å². The molecule has 0 aromatic heterocycles. The number of carbonyl (C=O) groups is 3. The lowest BCUT2D eigenvalue weighted by Crippen LogP contribution is -2.51. The Morgan fingerprint density at radius 2 is 1.66 bits per heavy atom. The van der Waals surface area contributed by atoms with E-state index in [4.69, 9.17) is 4.74 Å². The van der Waals surface area contributed by atoms with Crippen LogP contribution in [-0.2, 0) is 27.3 Å². The van der Waals surface area contributed by atoms with E-state index in [-0.39, 0.29) is 12.5 Å². The molecule has 2 unspecified atom stereocenters. The van der Waals surface area contributed by atoms with E-state index in [1.54, 1.807) is 33.8 Å². The van der Waals surface area contributed by atoms with E-state index in [9.17, 15) is 14.4 Å². The summed E-state index contributed by atoms with van der Waals surface area (Å²) in [6, 6.07) is 15.4. The highest BCUT2D eigenvalue weighted by Gasteiger charge is 2.34. The number of hydrogen-bond donors (Lipinski definition) is 2. The first-order chi connectivity index (χ1) is 16.6. The highest BCUT2D eigenvalue weighted by atomic mass is 16.6. The number of amides is 3. The highest BCUT2D eigenvalue weighted by Crippen LogP contribution is 2.24. The predicted molar refractivity (Wildman–Crippen MR) is 138 cm³/mol. The average molecular weight is 480 g/mol. The van der Waals surface area contributed by atoms with Crippen molar-refractivity contribution >= 4 is 17.9 Å². The summed E-state index contributed by atoms with van der Waals surface area (Å²) in [5, 5.41) is 5.53. The van der Waals surface area contributed by atoms with E-state index in [0.717, 1.165) is 17.5 Å². The normalized spacial score (nSPS) is 12.7. The Bertz CT molecular complexity index is 997. The topological polar surface area (TPSA) is 87.7 Å². The van der Waals surface area contributed by atoms with Gasteiger partial charge in [-0.05, 0) is 50.8 Å². The predicted octanol–water partition coefficient (Wildman–Crippen LogP) is 4.53. The quantitative estimate of drug-likeness (QED) is 0.490. The number of nitrogens with zero attached hydrogens (tertiary/aromatic N) is 1. The van der Waals surface area contributed by atoms with Crippen molar-refractivity contribution < 1.29 is 19.1 Å². The maximum absolute atomic E-state index is 13.5. The molecule has 3 amide bonds. The molecule has 35 heavy (non-hydrogen) atoms. The van der Waals surface area contributed by atoms with Gasteiger partial charge >= 0.3 is 6.09 Å². The number of rotatable bonds is 10. The van der Waals surface area contributed by atoms with Crippen LogP contribution in [0.3, 0.4) is 0 Å². The van der Waals surface area contributed by atoms with Crippen molar-refractivity contribution in [3.63, 3.8) is 0 Å². The Hall–Kier alpha value is -3.61. The van der Waals surface area contributed by atoms with E-state index in [1.165, 1.54) is 4.90 Å². The van der Waals surface area contributed by atoms with Gasteiger partial charge in [0, 0.05) is 13.1 Å². The van der Waals surface area contributed by atoms with Crippen LogP contribution in [0, 0.1) is 0 Å². The molecule has 0 saturated heterocycles. The average Bonchev–Trinajstić information content (AvgIpc) is 2.81. The van der Waals surface area contributed by atoms with Gasteiger partial charge in [0.05, 0.1) is 0 Å². The maximum atomic E-state index is 13.5. The number of benzene rings is 2. The zero-order valence-corrected chi connectivity index (χ0v) is 21.3. The first kappa shape index (κ1) is 27.6. The lowest BCUT2D eigenvalue weighted by atomic mass is 10.0. The zero-order valence-electron chi connectivity index (χ0n) is 21.3. The van der Waals surface area contributed by atoms with Crippen molar-refractivity contribution in [2.75, 3.05) is 6.54 Å². The van der Waals surface area contributed by atoms with E-state index in [0.29, 0.717) is 12.1 Å². The number of nitrogens with one attached hydrogen (secondary N) is 2. The molecule has 0 bridgehead atoms. The fraction of sp³-hybridized carbons (Fsp3) is 0.393. The second-order valence-electron chi connectivity index (χ2n) is 9.35. The molecular weight excluding hydrogens is 442 g/mol. The largest absolute Gasteiger partial charge is 0.444 e. The molecule has 0 spiro atoms. The second-order valence-corrected chi connectivity index (χ2v) is 9.35. The van der Waals surface area contributed by atoms with Crippen LogP contribution in [0.1, 0.15) is 57.4 Å². The van der Waals surface area contributed by atoms with Crippen molar-refractivity contribution in [1.29, 1.82) is 0 Å². The van der Waals surface area contributed by atoms with Crippen molar-refractivity contribution in [2.45, 2.75) is 65.3 Å². The summed E-state index contributed by atoms with van der Waals surface area (Å²) in [7, 11) is 0. The minimum absolute atomic E-state index is 0.123. The summed E-state index contributed by atoms with van der Waals surface area (Å²) in [4.78, 5) is 40.6. The van der Waals surface area contributed by atoms with Crippen LogP contribution in [0.15, 0.2) is 67.3 Å². The molecule has 2 aromatic carbocycles. The Labute approximate surface area is 208 Å². The molecule has 2 atom stereocenters. The Balaban J connectivity index is 2.32. The highest BCUT2D eigenvalue weighted by molar-refractivity contribution is 5.92. The molecule has 2 N–H and O–H groups in total. The fourth-order valence-electron chi connectivity index (χ4n) is 3.55. The van der Waals surface area contributed by atoms with Gasteiger partial charge in [-0.1, -0.05) is 67.6 Å². The van der Waals surface area contributed by atoms with Crippen LogP contribution >= 0.6 is 0 Å². The first-order valence-electron chi connectivity index (χ1n) is 11.9. The molecule has 188 valence electrons. The maximum Gasteiger partial charge on any atom is 0.408 e. The third kappa shape index (κ3) is 8.59. The van der Waals surface area contributed by atoms with E-state index in [1.807, 2.05) is 54.6 Å². The molecule has 0 saturated carbocycles. The molecule has 2 aromatic rings. The van der Waals surface area contributed by atoms with Gasteiger partial charge in [0.25, 0.3) is 0 Å². The molecule has 7 nitrogen and oxygen atoms in total.